The number of primary sulfonamides is 1. The van der Waals surface area contributed by atoms with Crippen molar-refractivity contribution in [2.75, 3.05) is 0 Å². The highest BCUT2D eigenvalue weighted by atomic mass is 32.2. The van der Waals surface area contributed by atoms with E-state index in [4.69, 9.17) is 10.2 Å². The van der Waals surface area contributed by atoms with E-state index in [0.717, 1.165) is 16.7 Å². The van der Waals surface area contributed by atoms with Crippen LogP contribution in [0.4, 0.5) is 0 Å². The number of aliphatic hydroxyl groups excluding tert-OH is 1. The van der Waals surface area contributed by atoms with Crippen molar-refractivity contribution >= 4 is 10.0 Å². The second-order valence-electron chi connectivity index (χ2n) is 3.93. The molecule has 4 nitrogen and oxygen atoms in total. The monoisotopic (exact) mass is 263 g/mol. The summed E-state index contributed by atoms with van der Waals surface area (Å²) in [6.45, 7) is -0.0247. The van der Waals surface area contributed by atoms with E-state index >= 15 is 0 Å². The van der Waals surface area contributed by atoms with Gasteiger partial charge in [-0.15, -0.1) is 0 Å². The first-order valence-electron chi connectivity index (χ1n) is 5.34. The van der Waals surface area contributed by atoms with Crippen LogP contribution in [0.3, 0.4) is 0 Å². The molecule has 0 heterocycles. The first-order chi connectivity index (χ1) is 8.50. The number of hydrogen-bond acceptors (Lipinski definition) is 3. The molecular weight excluding hydrogens is 250 g/mol. The Bertz CT molecular complexity index is 648. The van der Waals surface area contributed by atoms with Crippen molar-refractivity contribution in [2.24, 2.45) is 5.14 Å². The third-order valence-corrected chi connectivity index (χ3v) is 3.55. The molecule has 0 aromatic heterocycles. The van der Waals surface area contributed by atoms with Gasteiger partial charge in [-0.2, -0.15) is 0 Å². The fourth-order valence-electron chi connectivity index (χ4n) is 1.69. The van der Waals surface area contributed by atoms with E-state index in [9.17, 15) is 8.42 Å². The highest BCUT2D eigenvalue weighted by Crippen LogP contribution is 2.22. The molecule has 0 bridgehead atoms. The van der Waals surface area contributed by atoms with Crippen LogP contribution in [0.5, 0.6) is 0 Å². The van der Waals surface area contributed by atoms with Gasteiger partial charge in [0.05, 0.1) is 11.5 Å². The zero-order chi connectivity index (χ0) is 13.2. The minimum Gasteiger partial charge on any atom is -0.392 e. The summed E-state index contributed by atoms with van der Waals surface area (Å²) in [6, 6.07) is 13.7. The molecule has 0 radical (unpaired) electrons. The zero-order valence-corrected chi connectivity index (χ0v) is 10.4. The highest BCUT2D eigenvalue weighted by molar-refractivity contribution is 7.89. The summed E-state index contributed by atoms with van der Waals surface area (Å²) in [4.78, 5) is 0.0876. The summed E-state index contributed by atoms with van der Waals surface area (Å²) in [5, 5.41) is 14.1. The largest absolute Gasteiger partial charge is 0.392 e. The molecule has 0 aliphatic carbocycles. The minimum atomic E-state index is -3.65. The van der Waals surface area contributed by atoms with E-state index in [1.807, 2.05) is 24.3 Å². The van der Waals surface area contributed by atoms with Crippen LogP contribution in [0.15, 0.2) is 53.4 Å². The fourth-order valence-corrected chi connectivity index (χ4v) is 2.20. The normalized spacial score (nSPS) is 11.4. The molecule has 18 heavy (non-hydrogen) atoms. The predicted molar refractivity (Wildman–Crippen MR) is 69.2 cm³/mol. The molecule has 2 rings (SSSR count). The average Bonchev–Trinajstić information content (AvgIpc) is 2.38. The third kappa shape index (κ3) is 2.76. The maximum Gasteiger partial charge on any atom is 0.238 e. The first-order valence-corrected chi connectivity index (χ1v) is 6.88. The van der Waals surface area contributed by atoms with E-state index in [1.165, 1.54) is 12.1 Å². The Morgan fingerprint density at radius 3 is 2.22 bits per heavy atom. The van der Waals surface area contributed by atoms with Crippen LogP contribution < -0.4 is 5.14 Å². The van der Waals surface area contributed by atoms with Gasteiger partial charge in [0.25, 0.3) is 0 Å². The fraction of sp³-hybridized carbons (Fsp3) is 0.0769. The Kier molecular flexibility index (Phi) is 3.47. The van der Waals surface area contributed by atoms with E-state index < -0.39 is 10.0 Å². The first kappa shape index (κ1) is 12.8. The van der Waals surface area contributed by atoms with Gasteiger partial charge >= 0.3 is 0 Å². The summed E-state index contributed by atoms with van der Waals surface area (Å²) < 4.78 is 22.3. The molecule has 0 aliphatic heterocycles. The van der Waals surface area contributed by atoms with Crippen molar-refractivity contribution in [3.63, 3.8) is 0 Å². The van der Waals surface area contributed by atoms with Gasteiger partial charge < -0.3 is 5.11 Å². The van der Waals surface area contributed by atoms with Crippen molar-refractivity contribution < 1.29 is 13.5 Å². The standard InChI is InChI=1S/C13H13NO3S/c14-18(16,17)13-6-4-11(5-7-13)12-3-1-2-10(8-12)9-15/h1-8,15H,9H2,(H2,14,16,17). The van der Waals surface area contributed by atoms with Crippen LogP contribution in [-0.4, -0.2) is 13.5 Å². The SMILES string of the molecule is NS(=O)(=O)c1ccc(-c2cccc(CO)c2)cc1. The molecule has 0 saturated carbocycles. The molecule has 0 spiro atoms. The molecule has 0 saturated heterocycles. The number of rotatable bonds is 3. The van der Waals surface area contributed by atoms with E-state index in [0.29, 0.717) is 0 Å². The second-order valence-corrected chi connectivity index (χ2v) is 5.49. The van der Waals surface area contributed by atoms with Crippen molar-refractivity contribution in [1.29, 1.82) is 0 Å². The van der Waals surface area contributed by atoms with Gasteiger partial charge in [0.1, 0.15) is 0 Å². The average molecular weight is 263 g/mol. The van der Waals surface area contributed by atoms with Gasteiger partial charge in [0, 0.05) is 0 Å². The maximum atomic E-state index is 11.1. The highest BCUT2D eigenvalue weighted by Gasteiger charge is 2.07. The number of sulfonamides is 1. The lowest BCUT2D eigenvalue weighted by Crippen LogP contribution is -2.11. The molecule has 0 amide bonds. The second kappa shape index (κ2) is 4.89. The summed E-state index contributed by atoms with van der Waals surface area (Å²) >= 11 is 0. The van der Waals surface area contributed by atoms with Crippen LogP contribution in [0.25, 0.3) is 11.1 Å². The number of aliphatic hydroxyl groups is 1. The molecule has 5 heteroatoms. The van der Waals surface area contributed by atoms with Gasteiger partial charge in [-0.3, -0.25) is 0 Å². The summed E-state index contributed by atoms with van der Waals surface area (Å²) in [5.41, 5.74) is 2.60. The predicted octanol–water partition coefficient (Wildman–Crippen LogP) is 1.49. The van der Waals surface area contributed by atoms with Gasteiger partial charge in [-0.05, 0) is 34.9 Å². The Labute approximate surface area is 106 Å². The molecule has 3 N–H and O–H groups in total. The summed E-state index contributed by atoms with van der Waals surface area (Å²) in [7, 11) is -3.65. The van der Waals surface area contributed by atoms with Crippen LogP contribution in [-0.2, 0) is 16.6 Å². The lowest BCUT2D eigenvalue weighted by Gasteiger charge is -2.05. The molecule has 0 aliphatic rings. The van der Waals surface area contributed by atoms with Gasteiger partial charge in [0.15, 0.2) is 0 Å². The molecule has 0 atom stereocenters. The minimum absolute atomic E-state index is 0.0247. The number of benzene rings is 2. The topological polar surface area (TPSA) is 80.4 Å². The van der Waals surface area contributed by atoms with Crippen molar-refractivity contribution in [1.82, 2.24) is 0 Å². The lowest BCUT2D eigenvalue weighted by atomic mass is 10.0. The molecular formula is C13H13NO3S. The van der Waals surface area contributed by atoms with Crippen LogP contribution in [0.1, 0.15) is 5.56 Å². The Morgan fingerprint density at radius 2 is 1.67 bits per heavy atom. The zero-order valence-electron chi connectivity index (χ0n) is 9.58. The van der Waals surface area contributed by atoms with Gasteiger partial charge in [0.2, 0.25) is 10.0 Å². The molecule has 2 aromatic rings. The van der Waals surface area contributed by atoms with Crippen molar-refractivity contribution in [3.8, 4) is 11.1 Å². The third-order valence-electron chi connectivity index (χ3n) is 2.63. The molecule has 94 valence electrons. The Morgan fingerprint density at radius 1 is 1.00 bits per heavy atom. The Hall–Kier alpha value is -1.69. The smallest absolute Gasteiger partial charge is 0.238 e. The number of nitrogens with two attached hydrogens (primary N) is 1. The van der Waals surface area contributed by atoms with Crippen LogP contribution in [0.2, 0.25) is 0 Å². The molecule has 0 unspecified atom stereocenters. The maximum absolute atomic E-state index is 11.1. The summed E-state index contributed by atoms with van der Waals surface area (Å²) in [5.74, 6) is 0. The van der Waals surface area contributed by atoms with Gasteiger partial charge in [-0.1, -0.05) is 30.3 Å². The summed E-state index contributed by atoms with van der Waals surface area (Å²) in [6.07, 6.45) is 0. The van der Waals surface area contributed by atoms with E-state index in [1.54, 1.807) is 12.1 Å². The quantitative estimate of drug-likeness (QED) is 0.880. The van der Waals surface area contributed by atoms with E-state index in [2.05, 4.69) is 0 Å². The molecule has 2 aromatic carbocycles. The van der Waals surface area contributed by atoms with Gasteiger partial charge in [-0.25, -0.2) is 13.6 Å². The van der Waals surface area contributed by atoms with Crippen molar-refractivity contribution in [3.05, 3.63) is 54.1 Å². The lowest BCUT2D eigenvalue weighted by molar-refractivity contribution is 0.282. The van der Waals surface area contributed by atoms with E-state index in [-0.39, 0.29) is 11.5 Å². The Balaban J connectivity index is 2.40. The van der Waals surface area contributed by atoms with Crippen molar-refractivity contribution in [2.45, 2.75) is 11.5 Å². The molecule has 0 fully saturated rings. The number of hydrogen-bond donors (Lipinski definition) is 2. The van der Waals surface area contributed by atoms with Crippen LogP contribution in [0, 0.1) is 0 Å². The van der Waals surface area contributed by atoms with Crippen LogP contribution >= 0.6 is 0 Å².